The molecule has 98 valence electrons. The Bertz CT molecular complexity index is 930. The molecule has 20 heavy (non-hydrogen) atoms. The third-order valence-electron chi connectivity index (χ3n) is 3.76. The minimum Gasteiger partial charge on any atom is -0.345 e. The molecule has 2 aromatic heterocycles. The van der Waals surface area contributed by atoms with Gasteiger partial charge in [-0.05, 0) is 36.8 Å². The lowest BCUT2D eigenvalue weighted by molar-refractivity contribution is 0.959. The summed E-state index contributed by atoms with van der Waals surface area (Å²) in [6, 6.07) is 12.4. The Kier molecular flexibility index (Phi) is 2.21. The van der Waals surface area contributed by atoms with Crippen LogP contribution in [0.25, 0.3) is 33.5 Å². The van der Waals surface area contributed by atoms with Crippen molar-refractivity contribution >= 4 is 22.1 Å². The number of fused-ring (bicyclic) bond motifs is 2. The quantitative estimate of drug-likeness (QED) is 0.571. The van der Waals surface area contributed by atoms with Crippen LogP contribution in [0.1, 0.15) is 5.56 Å². The number of imidazole rings is 2. The van der Waals surface area contributed by atoms with Gasteiger partial charge in [-0.15, -0.1) is 0 Å². The molecule has 0 atom stereocenters. The van der Waals surface area contributed by atoms with Gasteiger partial charge in [0.1, 0.15) is 5.82 Å². The lowest BCUT2D eigenvalue weighted by Crippen LogP contribution is -1.93. The minimum atomic E-state index is 0.978. The maximum atomic E-state index is 4.74. The Hall–Kier alpha value is -2.62. The van der Waals surface area contributed by atoms with Crippen molar-refractivity contribution in [2.45, 2.75) is 6.92 Å². The SMILES string of the molecule is Cc1cc(-c2nc3ccccc3n2C)cc2[nH]cnc12. The lowest BCUT2D eigenvalue weighted by Gasteiger charge is -2.04. The average Bonchev–Trinajstić information content (AvgIpc) is 3.04. The molecule has 1 N–H and O–H groups in total. The Morgan fingerprint density at radius 1 is 1.15 bits per heavy atom. The second-order valence-electron chi connectivity index (χ2n) is 5.07. The molecule has 0 aliphatic rings. The monoisotopic (exact) mass is 262 g/mol. The van der Waals surface area contributed by atoms with Crippen molar-refractivity contribution in [1.82, 2.24) is 19.5 Å². The molecule has 2 heterocycles. The van der Waals surface area contributed by atoms with Crippen molar-refractivity contribution in [1.29, 1.82) is 0 Å². The maximum Gasteiger partial charge on any atom is 0.140 e. The van der Waals surface area contributed by atoms with Crippen LogP contribution in [0, 0.1) is 6.92 Å². The van der Waals surface area contributed by atoms with E-state index in [4.69, 9.17) is 4.98 Å². The van der Waals surface area contributed by atoms with Gasteiger partial charge in [0.25, 0.3) is 0 Å². The zero-order valence-electron chi connectivity index (χ0n) is 11.4. The van der Waals surface area contributed by atoms with Crippen LogP contribution in [-0.4, -0.2) is 19.5 Å². The van der Waals surface area contributed by atoms with Gasteiger partial charge in [0, 0.05) is 12.6 Å². The third kappa shape index (κ3) is 1.48. The van der Waals surface area contributed by atoms with Crippen LogP contribution < -0.4 is 0 Å². The van der Waals surface area contributed by atoms with Crippen LogP contribution in [0.5, 0.6) is 0 Å². The number of aromatic amines is 1. The first-order valence-electron chi connectivity index (χ1n) is 6.59. The van der Waals surface area contributed by atoms with E-state index in [1.807, 2.05) is 18.2 Å². The fraction of sp³-hybridized carbons (Fsp3) is 0.125. The fourth-order valence-corrected chi connectivity index (χ4v) is 2.76. The number of nitrogens with zero attached hydrogens (tertiary/aromatic N) is 3. The molecule has 0 aliphatic heterocycles. The molecule has 0 aliphatic carbocycles. The first-order valence-corrected chi connectivity index (χ1v) is 6.59. The number of benzene rings is 2. The summed E-state index contributed by atoms with van der Waals surface area (Å²) >= 11 is 0. The summed E-state index contributed by atoms with van der Waals surface area (Å²) in [4.78, 5) is 12.3. The minimum absolute atomic E-state index is 0.978. The molecule has 0 spiro atoms. The molecule has 0 saturated carbocycles. The predicted octanol–water partition coefficient (Wildman–Crippen LogP) is 3.43. The number of nitrogens with one attached hydrogen (secondary N) is 1. The van der Waals surface area contributed by atoms with Crippen molar-refractivity contribution < 1.29 is 0 Å². The number of aryl methyl sites for hydroxylation is 2. The van der Waals surface area contributed by atoms with Crippen molar-refractivity contribution in [3.05, 3.63) is 48.3 Å². The smallest absolute Gasteiger partial charge is 0.140 e. The first kappa shape index (κ1) is 11.2. The molecule has 0 saturated heterocycles. The second kappa shape index (κ2) is 3.93. The van der Waals surface area contributed by atoms with E-state index < -0.39 is 0 Å². The van der Waals surface area contributed by atoms with Gasteiger partial charge in [0.05, 0.1) is 28.4 Å². The fourth-order valence-electron chi connectivity index (χ4n) is 2.76. The largest absolute Gasteiger partial charge is 0.345 e. The van der Waals surface area contributed by atoms with Gasteiger partial charge in [-0.2, -0.15) is 0 Å². The van der Waals surface area contributed by atoms with Gasteiger partial charge in [-0.3, -0.25) is 0 Å². The van der Waals surface area contributed by atoms with Crippen molar-refractivity contribution in [3.8, 4) is 11.4 Å². The highest BCUT2D eigenvalue weighted by molar-refractivity contribution is 5.86. The van der Waals surface area contributed by atoms with E-state index in [1.165, 1.54) is 0 Å². The topological polar surface area (TPSA) is 46.5 Å². The number of H-pyrrole nitrogens is 1. The molecule has 4 rings (SSSR count). The molecule has 4 aromatic rings. The summed E-state index contributed by atoms with van der Waals surface area (Å²) in [5, 5.41) is 0. The van der Waals surface area contributed by atoms with Crippen molar-refractivity contribution in [2.75, 3.05) is 0 Å². The van der Waals surface area contributed by atoms with E-state index in [2.05, 4.69) is 46.7 Å². The number of rotatable bonds is 1. The molecule has 0 bridgehead atoms. The van der Waals surface area contributed by atoms with Crippen molar-refractivity contribution in [2.24, 2.45) is 7.05 Å². The zero-order valence-corrected chi connectivity index (χ0v) is 11.4. The van der Waals surface area contributed by atoms with Gasteiger partial charge >= 0.3 is 0 Å². The normalized spacial score (nSPS) is 11.5. The Morgan fingerprint density at radius 2 is 2.00 bits per heavy atom. The molecular formula is C16H14N4. The van der Waals surface area contributed by atoms with E-state index in [-0.39, 0.29) is 0 Å². The molecule has 0 amide bonds. The summed E-state index contributed by atoms with van der Waals surface area (Å²) in [6.07, 6.45) is 1.73. The highest BCUT2D eigenvalue weighted by Crippen LogP contribution is 2.27. The molecule has 2 aromatic carbocycles. The van der Waals surface area contributed by atoms with E-state index >= 15 is 0 Å². The van der Waals surface area contributed by atoms with Crippen LogP contribution in [0.4, 0.5) is 0 Å². The maximum absolute atomic E-state index is 4.74. The molecule has 0 fully saturated rings. The van der Waals surface area contributed by atoms with Crippen LogP contribution in [0.2, 0.25) is 0 Å². The van der Waals surface area contributed by atoms with Gasteiger partial charge in [0.2, 0.25) is 0 Å². The highest BCUT2D eigenvalue weighted by atomic mass is 15.1. The van der Waals surface area contributed by atoms with Gasteiger partial charge in [0.15, 0.2) is 0 Å². The summed E-state index contributed by atoms with van der Waals surface area (Å²) in [7, 11) is 2.05. The Labute approximate surface area is 116 Å². The Morgan fingerprint density at radius 3 is 2.85 bits per heavy atom. The van der Waals surface area contributed by atoms with Gasteiger partial charge in [-0.25, -0.2) is 9.97 Å². The van der Waals surface area contributed by atoms with Crippen molar-refractivity contribution in [3.63, 3.8) is 0 Å². The average molecular weight is 262 g/mol. The summed E-state index contributed by atoms with van der Waals surface area (Å²) in [5.41, 5.74) is 6.50. The van der Waals surface area contributed by atoms with Gasteiger partial charge in [-0.1, -0.05) is 12.1 Å². The first-order chi connectivity index (χ1) is 9.74. The highest BCUT2D eigenvalue weighted by Gasteiger charge is 2.11. The third-order valence-corrected chi connectivity index (χ3v) is 3.76. The summed E-state index contributed by atoms with van der Waals surface area (Å²) in [5.74, 6) is 0.978. The van der Waals surface area contributed by atoms with E-state index in [0.717, 1.165) is 39.0 Å². The Balaban J connectivity index is 2.03. The van der Waals surface area contributed by atoms with Gasteiger partial charge < -0.3 is 9.55 Å². The number of aromatic nitrogens is 4. The molecule has 0 unspecified atom stereocenters. The number of para-hydroxylation sites is 2. The number of hydrogen-bond donors (Lipinski definition) is 1. The zero-order chi connectivity index (χ0) is 13.7. The van der Waals surface area contributed by atoms with Crippen LogP contribution in [0.15, 0.2) is 42.7 Å². The molecule has 4 heteroatoms. The summed E-state index contributed by atoms with van der Waals surface area (Å²) < 4.78 is 2.13. The van der Waals surface area contributed by atoms with E-state index in [9.17, 15) is 0 Å². The van der Waals surface area contributed by atoms with Crippen LogP contribution in [0.3, 0.4) is 0 Å². The second-order valence-corrected chi connectivity index (χ2v) is 5.07. The molecule has 4 nitrogen and oxygen atoms in total. The summed E-state index contributed by atoms with van der Waals surface area (Å²) in [6.45, 7) is 2.08. The predicted molar refractivity (Wildman–Crippen MR) is 80.5 cm³/mol. The van der Waals surface area contributed by atoms with E-state index in [1.54, 1.807) is 6.33 Å². The van der Waals surface area contributed by atoms with Crippen LogP contribution in [-0.2, 0) is 7.05 Å². The van der Waals surface area contributed by atoms with E-state index in [0.29, 0.717) is 0 Å². The number of hydrogen-bond acceptors (Lipinski definition) is 2. The molecule has 0 radical (unpaired) electrons. The lowest BCUT2D eigenvalue weighted by atomic mass is 10.1. The standard InChI is InChI=1S/C16H14N4/c1-10-7-11(8-13-15(10)18-9-17-13)16-19-12-5-3-4-6-14(12)20(16)2/h3-9H,1-2H3,(H,17,18). The molecular weight excluding hydrogens is 248 g/mol. The van der Waals surface area contributed by atoms with Crippen LogP contribution >= 0.6 is 0 Å².